The van der Waals surface area contributed by atoms with Gasteiger partial charge >= 0.3 is 0 Å². The first kappa shape index (κ1) is 20.8. The number of aromatic nitrogens is 3. The Balaban J connectivity index is 1.42. The van der Waals surface area contributed by atoms with Gasteiger partial charge in [0.2, 0.25) is 0 Å². The van der Waals surface area contributed by atoms with Crippen LogP contribution < -0.4 is 10.5 Å². The Bertz CT molecular complexity index is 1370. The van der Waals surface area contributed by atoms with Gasteiger partial charge in [-0.15, -0.1) is 5.92 Å². The third-order valence-corrected chi connectivity index (χ3v) is 5.77. The molecule has 3 heterocycles. The molecule has 1 aliphatic heterocycles. The lowest BCUT2D eigenvalue weighted by Gasteiger charge is -2.37. The zero-order chi connectivity index (χ0) is 22.9. The number of rotatable bonds is 6. The van der Waals surface area contributed by atoms with Gasteiger partial charge in [-0.1, -0.05) is 5.92 Å². The average molecular weight is 443 g/mol. The molecule has 0 aliphatic carbocycles. The molecular weight excluding hydrogens is 421 g/mol. The molecule has 1 saturated heterocycles. The second-order valence-corrected chi connectivity index (χ2v) is 7.96. The van der Waals surface area contributed by atoms with Gasteiger partial charge in [0.05, 0.1) is 6.54 Å². The van der Waals surface area contributed by atoms with Crippen LogP contribution in [-0.2, 0) is 0 Å². The number of H-pyrrole nitrogens is 1. The van der Waals surface area contributed by atoms with Gasteiger partial charge < -0.3 is 10.5 Å². The van der Waals surface area contributed by atoms with Crippen LogP contribution in [0.25, 0.3) is 16.9 Å². The van der Waals surface area contributed by atoms with Gasteiger partial charge in [0.15, 0.2) is 11.3 Å². The lowest BCUT2D eigenvalue weighted by Crippen LogP contribution is -2.44. The SMILES string of the molecule is CC#CCN1CC(c2c[nH]n3c(C(N)=O)c(-c4ccc(Oc5ccc(F)cc5)cc4)nc23)C1. The van der Waals surface area contributed by atoms with E-state index in [0.29, 0.717) is 34.5 Å². The summed E-state index contributed by atoms with van der Waals surface area (Å²) in [5.41, 5.74) is 9.03. The molecule has 0 bridgehead atoms. The minimum absolute atomic E-state index is 0.302. The summed E-state index contributed by atoms with van der Waals surface area (Å²) in [5, 5.41) is 3.14. The molecule has 33 heavy (non-hydrogen) atoms. The number of carbonyl (C=O) groups is 1. The van der Waals surface area contributed by atoms with Gasteiger partial charge in [-0.2, -0.15) is 0 Å². The monoisotopic (exact) mass is 443 g/mol. The van der Waals surface area contributed by atoms with Crippen molar-refractivity contribution < 1.29 is 13.9 Å². The van der Waals surface area contributed by atoms with Gasteiger partial charge in [0.1, 0.15) is 23.0 Å². The Morgan fingerprint density at radius 2 is 1.85 bits per heavy atom. The summed E-state index contributed by atoms with van der Waals surface area (Å²) < 4.78 is 20.5. The smallest absolute Gasteiger partial charge is 0.269 e. The number of aromatic amines is 1. The van der Waals surface area contributed by atoms with Crippen molar-refractivity contribution >= 4 is 11.6 Å². The molecule has 0 spiro atoms. The minimum atomic E-state index is -0.564. The molecular formula is C25H22FN5O2. The van der Waals surface area contributed by atoms with E-state index in [1.807, 2.05) is 25.3 Å². The van der Waals surface area contributed by atoms with E-state index in [-0.39, 0.29) is 5.82 Å². The zero-order valence-corrected chi connectivity index (χ0v) is 18.0. The number of nitrogens with zero attached hydrogens (tertiary/aromatic N) is 3. The number of ether oxygens (including phenoxy) is 1. The molecule has 2 aromatic heterocycles. The second-order valence-electron chi connectivity index (χ2n) is 7.96. The third-order valence-electron chi connectivity index (χ3n) is 5.77. The molecule has 166 valence electrons. The summed E-state index contributed by atoms with van der Waals surface area (Å²) in [6.45, 7) is 4.38. The number of likely N-dealkylation sites (tertiary alicyclic amines) is 1. The summed E-state index contributed by atoms with van der Waals surface area (Å²) in [6, 6.07) is 13.0. The quantitative estimate of drug-likeness (QED) is 0.444. The molecule has 4 aromatic rings. The molecule has 3 N–H and O–H groups in total. The predicted molar refractivity (Wildman–Crippen MR) is 123 cm³/mol. The maximum Gasteiger partial charge on any atom is 0.269 e. The van der Waals surface area contributed by atoms with Crippen LogP contribution in [0.5, 0.6) is 11.5 Å². The number of amides is 1. The van der Waals surface area contributed by atoms with E-state index in [1.165, 1.54) is 12.1 Å². The molecule has 1 fully saturated rings. The Kier molecular flexibility index (Phi) is 5.32. The van der Waals surface area contributed by atoms with Crippen molar-refractivity contribution in [3.05, 3.63) is 71.8 Å². The first-order valence-corrected chi connectivity index (χ1v) is 10.6. The lowest BCUT2D eigenvalue weighted by molar-refractivity contribution is 0.0994. The van der Waals surface area contributed by atoms with E-state index >= 15 is 0 Å². The van der Waals surface area contributed by atoms with Gasteiger partial charge in [-0.25, -0.2) is 13.9 Å². The molecule has 0 radical (unpaired) electrons. The highest BCUT2D eigenvalue weighted by Gasteiger charge is 2.32. The van der Waals surface area contributed by atoms with E-state index in [2.05, 4.69) is 21.8 Å². The van der Waals surface area contributed by atoms with Crippen molar-refractivity contribution in [1.82, 2.24) is 19.5 Å². The standard InChI is InChI=1S/C25H22FN5O2/c1-2-3-12-30-14-17(15-30)21-13-28-31-23(24(27)32)22(29-25(21)31)16-4-8-19(9-5-16)33-20-10-6-18(26)7-11-20/h4-11,13,17,28H,12,14-15H2,1H3,(H2,27,32). The number of fused-ring (bicyclic) bond motifs is 1. The first-order valence-electron chi connectivity index (χ1n) is 10.6. The Hall–Kier alpha value is -4.09. The van der Waals surface area contributed by atoms with E-state index in [4.69, 9.17) is 15.5 Å². The van der Waals surface area contributed by atoms with E-state index < -0.39 is 5.91 Å². The number of nitrogens with two attached hydrogens (primary N) is 1. The maximum atomic E-state index is 13.1. The van der Waals surface area contributed by atoms with Crippen LogP contribution >= 0.6 is 0 Å². The topological polar surface area (TPSA) is 88.7 Å². The van der Waals surface area contributed by atoms with Crippen LogP contribution in [0.2, 0.25) is 0 Å². The fraction of sp³-hybridized carbons (Fsp3) is 0.200. The van der Waals surface area contributed by atoms with Gasteiger partial charge in [0.25, 0.3) is 5.91 Å². The number of nitrogens with one attached hydrogen (secondary N) is 1. The highest BCUT2D eigenvalue weighted by atomic mass is 19.1. The minimum Gasteiger partial charge on any atom is -0.457 e. The number of primary amides is 1. The van der Waals surface area contributed by atoms with Crippen molar-refractivity contribution in [3.8, 4) is 34.6 Å². The molecule has 1 amide bonds. The van der Waals surface area contributed by atoms with Crippen molar-refractivity contribution in [2.45, 2.75) is 12.8 Å². The number of benzene rings is 2. The highest BCUT2D eigenvalue weighted by molar-refractivity contribution is 5.98. The van der Waals surface area contributed by atoms with Crippen molar-refractivity contribution in [2.75, 3.05) is 19.6 Å². The second kappa shape index (κ2) is 8.45. The highest BCUT2D eigenvalue weighted by Crippen LogP contribution is 2.33. The van der Waals surface area contributed by atoms with E-state index in [9.17, 15) is 9.18 Å². The average Bonchev–Trinajstić information content (AvgIpc) is 3.34. The molecule has 0 saturated carbocycles. The first-order chi connectivity index (χ1) is 16.0. The molecule has 7 nitrogen and oxygen atoms in total. The van der Waals surface area contributed by atoms with Crippen LogP contribution in [0.4, 0.5) is 4.39 Å². The number of carbonyl (C=O) groups excluding carboxylic acids is 1. The lowest BCUT2D eigenvalue weighted by atomic mass is 9.93. The van der Waals surface area contributed by atoms with Crippen LogP contribution in [0, 0.1) is 17.7 Å². The van der Waals surface area contributed by atoms with E-state index in [0.717, 1.165) is 30.8 Å². The largest absolute Gasteiger partial charge is 0.457 e. The number of halogens is 1. The fourth-order valence-corrected chi connectivity index (χ4v) is 4.07. The normalized spacial score (nSPS) is 14.0. The number of hydrogen-bond acceptors (Lipinski definition) is 4. The van der Waals surface area contributed by atoms with E-state index in [1.54, 1.807) is 28.8 Å². The van der Waals surface area contributed by atoms with Crippen LogP contribution in [0.15, 0.2) is 54.7 Å². The Morgan fingerprint density at radius 3 is 2.48 bits per heavy atom. The van der Waals surface area contributed by atoms with Crippen LogP contribution in [0.3, 0.4) is 0 Å². The summed E-state index contributed by atoms with van der Waals surface area (Å²) in [6.07, 6.45) is 1.89. The van der Waals surface area contributed by atoms with Gasteiger partial charge in [-0.3, -0.25) is 14.8 Å². The number of imidazole rings is 1. The van der Waals surface area contributed by atoms with Gasteiger partial charge in [0, 0.05) is 36.3 Å². The van der Waals surface area contributed by atoms with Crippen molar-refractivity contribution in [3.63, 3.8) is 0 Å². The fourth-order valence-electron chi connectivity index (χ4n) is 4.07. The molecule has 8 heteroatoms. The van der Waals surface area contributed by atoms with Crippen molar-refractivity contribution in [1.29, 1.82) is 0 Å². The van der Waals surface area contributed by atoms with Gasteiger partial charge in [-0.05, 0) is 55.5 Å². The molecule has 5 rings (SSSR count). The summed E-state index contributed by atoms with van der Waals surface area (Å²) in [5.74, 6) is 6.55. The molecule has 1 aliphatic rings. The van der Waals surface area contributed by atoms with Crippen LogP contribution in [0.1, 0.15) is 28.9 Å². The molecule has 0 unspecified atom stereocenters. The Labute approximate surface area is 190 Å². The number of hydrogen-bond donors (Lipinski definition) is 2. The summed E-state index contributed by atoms with van der Waals surface area (Å²) >= 11 is 0. The molecule has 2 aromatic carbocycles. The third kappa shape index (κ3) is 3.95. The van der Waals surface area contributed by atoms with Crippen molar-refractivity contribution in [2.24, 2.45) is 5.73 Å². The summed E-state index contributed by atoms with van der Waals surface area (Å²) in [7, 11) is 0. The van der Waals surface area contributed by atoms with Crippen LogP contribution in [-0.4, -0.2) is 45.0 Å². The Morgan fingerprint density at radius 1 is 1.18 bits per heavy atom. The maximum absolute atomic E-state index is 13.1. The molecule has 0 atom stereocenters. The zero-order valence-electron chi connectivity index (χ0n) is 18.0. The predicted octanol–water partition coefficient (Wildman–Crippen LogP) is 3.78. The summed E-state index contributed by atoms with van der Waals surface area (Å²) in [4.78, 5) is 19.3.